The largest absolute Gasteiger partial charge is 0.452 e. The molecule has 6 heteroatoms. The van der Waals surface area contributed by atoms with Crippen molar-refractivity contribution in [3.8, 4) is 0 Å². The fourth-order valence-corrected chi connectivity index (χ4v) is 1.76. The first-order valence-electron chi connectivity index (χ1n) is 6.03. The van der Waals surface area contributed by atoms with Crippen molar-refractivity contribution >= 4 is 23.0 Å². The smallest absolute Gasteiger partial charge is 0.340 e. The fraction of sp³-hybridized carbons (Fsp3) is 0.308. The summed E-state index contributed by atoms with van der Waals surface area (Å²) in [5.41, 5.74) is 1.25. The number of fused-ring (bicyclic) bond motifs is 1. The van der Waals surface area contributed by atoms with E-state index in [4.69, 9.17) is 9.15 Å². The van der Waals surface area contributed by atoms with Crippen LogP contribution in [0.25, 0.3) is 11.1 Å². The van der Waals surface area contributed by atoms with Gasteiger partial charge in [0.25, 0.3) is 5.91 Å². The van der Waals surface area contributed by atoms with Gasteiger partial charge in [-0.3, -0.25) is 4.79 Å². The van der Waals surface area contributed by atoms with E-state index in [-0.39, 0.29) is 18.6 Å². The SMILES string of the molecule is O=C(COC(=O)c1cccc2ocnc12)NC1CC1. The van der Waals surface area contributed by atoms with Crippen LogP contribution in [0, 0.1) is 0 Å². The molecule has 1 saturated carbocycles. The molecule has 0 spiro atoms. The summed E-state index contributed by atoms with van der Waals surface area (Å²) in [7, 11) is 0. The minimum Gasteiger partial charge on any atom is -0.452 e. The molecule has 1 aromatic carbocycles. The molecule has 1 fully saturated rings. The molecule has 1 aliphatic rings. The Morgan fingerprint density at radius 2 is 2.26 bits per heavy atom. The Morgan fingerprint density at radius 3 is 3.05 bits per heavy atom. The van der Waals surface area contributed by atoms with Crippen LogP contribution in [-0.4, -0.2) is 29.5 Å². The van der Waals surface area contributed by atoms with Gasteiger partial charge >= 0.3 is 5.97 Å². The van der Waals surface area contributed by atoms with E-state index in [1.807, 2.05) is 0 Å². The van der Waals surface area contributed by atoms with Gasteiger partial charge in [0.1, 0.15) is 5.52 Å². The molecule has 0 unspecified atom stereocenters. The number of para-hydroxylation sites is 1. The van der Waals surface area contributed by atoms with Gasteiger partial charge in [-0.2, -0.15) is 0 Å². The van der Waals surface area contributed by atoms with Crippen molar-refractivity contribution in [3.05, 3.63) is 30.2 Å². The van der Waals surface area contributed by atoms with Crippen molar-refractivity contribution in [1.82, 2.24) is 10.3 Å². The van der Waals surface area contributed by atoms with Crippen molar-refractivity contribution in [2.45, 2.75) is 18.9 Å². The number of esters is 1. The summed E-state index contributed by atoms with van der Waals surface area (Å²) in [5.74, 6) is -0.853. The lowest BCUT2D eigenvalue weighted by Crippen LogP contribution is -2.30. The number of hydrogen-bond acceptors (Lipinski definition) is 5. The fourth-order valence-electron chi connectivity index (χ4n) is 1.76. The minimum atomic E-state index is -0.578. The van der Waals surface area contributed by atoms with Gasteiger partial charge in [-0.05, 0) is 25.0 Å². The van der Waals surface area contributed by atoms with E-state index >= 15 is 0 Å². The summed E-state index contributed by atoms with van der Waals surface area (Å²) in [5, 5.41) is 2.74. The molecular weight excluding hydrogens is 248 g/mol. The summed E-state index contributed by atoms with van der Waals surface area (Å²) in [6.07, 6.45) is 3.26. The highest BCUT2D eigenvalue weighted by molar-refractivity contribution is 6.01. The minimum absolute atomic E-state index is 0.255. The normalized spacial score (nSPS) is 14.3. The highest BCUT2D eigenvalue weighted by Gasteiger charge is 2.24. The molecule has 1 amide bonds. The summed E-state index contributed by atoms with van der Waals surface area (Å²) < 4.78 is 10.1. The zero-order chi connectivity index (χ0) is 13.2. The Bertz CT molecular complexity index is 630. The summed E-state index contributed by atoms with van der Waals surface area (Å²) in [4.78, 5) is 27.3. The third-order valence-corrected chi connectivity index (χ3v) is 2.86. The first-order valence-corrected chi connectivity index (χ1v) is 6.03. The average Bonchev–Trinajstić information content (AvgIpc) is 3.08. The van der Waals surface area contributed by atoms with E-state index in [2.05, 4.69) is 10.3 Å². The molecule has 0 radical (unpaired) electrons. The molecule has 1 N–H and O–H groups in total. The second-order valence-corrected chi connectivity index (χ2v) is 4.42. The number of nitrogens with one attached hydrogen (secondary N) is 1. The molecule has 19 heavy (non-hydrogen) atoms. The van der Waals surface area contributed by atoms with E-state index in [0.717, 1.165) is 12.8 Å². The van der Waals surface area contributed by atoms with Crippen LogP contribution < -0.4 is 5.32 Å². The van der Waals surface area contributed by atoms with Crippen molar-refractivity contribution < 1.29 is 18.7 Å². The number of ether oxygens (including phenoxy) is 1. The molecule has 0 aliphatic heterocycles. The molecule has 3 rings (SSSR count). The standard InChI is InChI=1S/C13H12N2O4/c16-11(15-8-4-5-8)6-18-13(17)9-2-1-3-10-12(9)14-7-19-10/h1-3,7-8H,4-6H2,(H,15,16). The zero-order valence-corrected chi connectivity index (χ0v) is 10.1. The van der Waals surface area contributed by atoms with Gasteiger partial charge in [0.15, 0.2) is 18.6 Å². The maximum absolute atomic E-state index is 11.9. The average molecular weight is 260 g/mol. The number of carbonyl (C=O) groups excluding carboxylic acids is 2. The Hall–Kier alpha value is -2.37. The van der Waals surface area contributed by atoms with Gasteiger partial charge in [-0.15, -0.1) is 0 Å². The van der Waals surface area contributed by atoms with E-state index in [9.17, 15) is 9.59 Å². The molecular formula is C13H12N2O4. The Labute approximate surface area is 108 Å². The number of oxazole rings is 1. The van der Waals surface area contributed by atoms with Gasteiger partial charge < -0.3 is 14.5 Å². The predicted molar refractivity (Wildman–Crippen MR) is 65.5 cm³/mol. The second-order valence-electron chi connectivity index (χ2n) is 4.42. The number of benzene rings is 1. The van der Waals surface area contributed by atoms with Crippen LogP contribution in [0.4, 0.5) is 0 Å². The molecule has 0 bridgehead atoms. The van der Waals surface area contributed by atoms with Gasteiger partial charge in [0, 0.05) is 6.04 Å². The lowest BCUT2D eigenvalue weighted by atomic mass is 10.2. The van der Waals surface area contributed by atoms with Crippen LogP contribution in [-0.2, 0) is 9.53 Å². The number of amides is 1. The topological polar surface area (TPSA) is 81.4 Å². The molecule has 1 heterocycles. The second kappa shape index (κ2) is 4.72. The summed E-state index contributed by atoms with van der Waals surface area (Å²) in [6, 6.07) is 5.23. The van der Waals surface area contributed by atoms with Crippen LogP contribution in [0.5, 0.6) is 0 Å². The number of hydrogen-bond donors (Lipinski definition) is 1. The predicted octanol–water partition coefficient (Wildman–Crippen LogP) is 1.26. The van der Waals surface area contributed by atoms with Crippen molar-refractivity contribution in [2.24, 2.45) is 0 Å². The van der Waals surface area contributed by atoms with Crippen molar-refractivity contribution in [3.63, 3.8) is 0 Å². The zero-order valence-electron chi connectivity index (χ0n) is 10.1. The van der Waals surface area contributed by atoms with Crippen molar-refractivity contribution in [2.75, 3.05) is 6.61 Å². The van der Waals surface area contributed by atoms with E-state index in [1.165, 1.54) is 6.39 Å². The number of nitrogens with zero attached hydrogens (tertiary/aromatic N) is 1. The highest BCUT2D eigenvalue weighted by atomic mass is 16.5. The van der Waals surface area contributed by atoms with Crippen LogP contribution in [0.2, 0.25) is 0 Å². The first-order chi connectivity index (χ1) is 9.24. The van der Waals surface area contributed by atoms with Gasteiger partial charge in [0.05, 0.1) is 5.56 Å². The third-order valence-electron chi connectivity index (χ3n) is 2.86. The first kappa shape index (κ1) is 11.7. The monoisotopic (exact) mass is 260 g/mol. The third kappa shape index (κ3) is 2.57. The quantitative estimate of drug-likeness (QED) is 0.837. The van der Waals surface area contributed by atoms with Gasteiger partial charge in [0.2, 0.25) is 0 Å². The van der Waals surface area contributed by atoms with Crippen LogP contribution in [0.3, 0.4) is 0 Å². The van der Waals surface area contributed by atoms with Crippen molar-refractivity contribution in [1.29, 1.82) is 0 Å². The van der Waals surface area contributed by atoms with Gasteiger partial charge in [-0.25, -0.2) is 9.78 Å². The Balaban J connectivity index is 1.66. The lowest BCUT2D eigenvalue weighted by molar-refractivity contribution is -0.124. The molecule has 1 aliphatic carbocycles. The Kier molecular flexibility index (Phi) is 2.91. The maximum Gasteiger partial charge on any atom is 0.340 e. The van der Waals surface area contributed by atoms with Crippen LogP contribution in [0.1, 0.15) is 23.2 Å². The molecule has 0 atom stereocenters. The maximum atomic E-state index is 11.9. The van der Waals surface area contributed by atoms with E-state index in [1.54, 1.807) is 18.2 Å². The summed E-state index contributed by atoms with van der Waals surface area (Å²) in [6.45, 7) is -0.274. The summed E-state index contributed by atoms with van der Waals surface area (Å²) >= 11 is 0. The number of rotatable bonds is 4. The van der Waals surface area contributed by atoms with E-state index < -0.39 is 5.97 Å². The van der Waals surface area contributed by atoms with Crippen LogP contribution in [0.15, 0.2) is 29.0 Å². The van der Waals surface area contributed by atoms with E-state index in [0.29, 0.717) is 16.7 Å². The highest BCUT2D eigenvalue weighted by Crippen LogP contribution is 2.19. The molecule has 6 nitrogen and oxygen atoms in total. The van der Waals surface area contributed by atoms with Crippen LogP contribution >= 0.6 is 0 Å². The number of aromatic nitrogens is 1. The molecule has 98 valence electrons. The lowest BCUT2D eigenvalue weighted by Gasteiger charge is -2.05. The van der Waals surface area contributed by atoms with Gasteiger partial charge in [-0.1, -0.05) is 6.07 Å². The molecule has 0 saturated heterocycles. The molecule has 2 aromatic rings. The Morgan fingerprint density at radius 1 is 1.42 bits per heavy atom. The number of carbonyl (C=O) groups is 2. The molecule has 1 aromatic heterocycles.